The second kappa shape index (κ2) is 7.31. The molecule has 1 amide bonds. The average molecular weight is 312 g/mol. The van der Waals surface area contributed by atoms with Crippen molar-refractivity contribution in [1.29, 1.82) is 0 Å². The van der Waals surface area contributed by atoms with Crippen molar-refractivity contribution in [2.75, 3.05) is 27.2 Å². The normalized spacial score (nSPS) is 19.4. The van der Waals surface area contributed by atoms with Crippen molar-refractivity contribution < 1.29 is 4.79 Å². The molecule has 1 aromatic carbocycles. The molecule has 1 heterocycles. The van der Waals surface area contributed by atoms with Gasteiger partial charge in [-0.3, -0.25) is 4.79 Å². The van der Waals surface area contributed by atoms with E-state index < -0.39 is 0 Å². The van der Waals surface area contributed by atoms with E-state index in [0.717, 1.165) is 49.9 Å². The Morgan fingerprint density at radius 1 is 1.04 bits per heavy atom. The first-order chi connectivity index (χ1) is 11.2. The van der Waals surface area contributed by atoms with E-state index in [2.05, 4.69) is 36.0 Å². The molecule has 1 aromatic rings. The fourth-order valence-corrected chi connectivity index (χ4v) is 3.88. The molecule has 1 saturated heterocycles. The van der Waals surface area contributed by atoms with Crippen molar-refractivity contribution in [2.24, 2.45) is 0 Å². The first kappa shape index (κ1) is 16.3. The molecule has 2 aliphatic rings. The Labute approximate surface area is 140 Å². The summed E-state index contributed by atoms with van der Waals surface area (Å²) < 4.78 is 0. The van der Waals surface area contributed by atoms with Crippen molar-refractivity contribution in [3.8, 4) is 0 Å². The monoisotopic (exact) mass is 312 g/mol. The number of carbonyl (C=O) groups excluding carboxylic acids is 1. The summed E-state index contributed by atoms with van der Waals surface area (Å²) in [4.78, 5) is 17.6. The van der Waals surface area contributed by atoms with E-state index in [1.54, 1.807) is 0 Å². The lowest BCUT2D eigenvalue weighted by atomic mass is 9.95. The Balaban J connectivity index is 1.81. The topological polar surface area (TPSA) is 23.6 Å². The van der Waals surface area contributed by atoms with Crippen LogP contribution in [0.5, 0.6) is 0 Å². The highest BCUT2D eigenvalue weighted by Crippen LogP contribution is 2.33. The van der Waals surface area contributed by atoms with Crippen LogP contribution in [0.4, 0.5) is 0 Å². The number of carbonyl (C=O) groups is 1. The van der Waals surface area contributed by atoms with Gasteiger partial charge in [-0.05, 0) is 58.2 Å². The fraction of sp³-hybridized carbons (Fsp3) is 0.550. The largest absolute Gasteiger partial charge is 0.339 e. The van der Waals surface area contributed by atoms with Gasteiger partial charge in [0.2, 0.25) is 0 Å². The van der Waals surface area contributed by atoms with E-state index in [0.29, 0.717) is 6.04 Å². The van der Waals surface area contributed by atoms with Crippen LogP contribution in [0.15, 0.2) is 35.9 Å². The van der Waals surface area contributed by atoms with Crippen molar-refractivity contribution in [2.45, 2.75) is 44.6 Å². The highest BCUT2D eigenvalue weighted by atomic mass is 16.2. The molecule has 1 aliphatic heterocycles. The lowest BCUT2D eigenvalue weighted by Crippen LogP contribution is -2.44. The van der Waals surface area contributed by atoms with Gasteiger partial charge in [0.15, 0.2) is 0 Å². The smallest absolute Gasteiger partial charge is 0.254 e. The van der Waals surface area contributed by atoms with Gasteiger partial charge >= 0.3 is 0 Å². The summed E-state index contributed by atoms with van der Waals surface area (Å²) in [6, 6.07) is 10.9. The number of nitrogens with zero attached hydrogens (tertiary/aromatic N) is 2. The molecule has 0 aromatic heterocycles. The predicted molar refractivity (Wildman–Crippen MR) is 95.1 cm³/mol. The zero-order chi connectivity index (χ0) is 16.2. The SMILES string of the molecule is CN(C)C1CCN(C(=O)C(=C2CCCC2)c2ccccc2)CC1. The predicted octanol–water partition coefficient (Wildman–Crippen LogP) is 3.57. The zero-order valence-electron chi connectivity index (χ0n) is 14.4. The number of benzene rings is 1. The van der Waals surface area contributed by atoms with Gasteiger partial charge in [0.05, 0.1) is 0 Å². The maximum Gasteiger partial charge on any atom is 0.254 e. The number of allylic oxidation sites excluding steroid dienone is 1. The molecule has 3 nitrogen and oxygen atoms in total. The number of hydrogen-bond acceptors (Lipinski definition) is 2. The first-order valence-electron chi connectivity index (χ1n) is 8.90. The molecule has 0 N–H and O–H groups in total. The van der Waals surface area contributed by atoms with E-state index in [1.807, 2.05) is 18.2 Å². The molecular weight excluding hydrogens is 284 g/mol. The van der Waals surface area contributed by atoms with Crippen LogP contribution in [-0.2, 0) is 4.79 Å². The van der Waals surface area contributed by atoms with Gasteiger partial charge in [0, 0.05) is 24.7 Å². The molecule has 23 heavy (non-hydrogen) atoms. The van der Waals surface area contributed by atoms with Gasteiger partial charge < -0.3 is 9.80 Å². The molecule has 0 radical (unpaired) electrons. The Morgan fingerprint density at radius 2 is 1.65 bits per heavy atom. The van der Waals surface area contributed by atoms with Crippen molar-refractivity contribution >= 4 is 11.5 Å². The van der Waals surface area contributed by atoms with Crippen LogP contribution in [-0.4, -0.2) is 48.9 Å². The summed E-state index contributed by atoms with van der Waals surface area (Å²) in [5.41, 5.74) is 3.46. The summed E-state index contributed by atoms with van der Waals surface area (Å²) in [5.74, 6) is 0.255. The molecule has 1 saturated carbocycles. The van der Waals surface area contributed by atoms with Crippen LogP contribution in [0.3, 0.4) is 0 Å². The number of rotatable bonds is 3. The minimum absolute atomic E-state index is 0.255. The molecule has 0 unspecified atom stereocenters. The molecular formula is C20H28N2O. The molecule has 3 heteroatoms. The van der Waals surface area contributed by atoms with Crippen molar-refractivity contribution in [3.05, 3.63) is 41.5 Å². The number of likely N-dealkylation sites (tertiary alicyclic amines) is 1. The van der Waals surface area contributed by atoms with E-state index >= 15 is 0 Å². The second-order valence-electron chi connectivity index (χ2n) is 7.04. The van der Waals surface area contributed by atoms with E-state index in [-0.39, 0.29) is 5.91 Å². The van der Waals surface area contributed by atoms with E-state index in [1.165, 1.54) is 18.4 Å². The maximum atomic E-state index is 13.2. The van der Waals surface area contributed by atoms with Gasteiger partial charge in [-0.25, -0.2) is 0 Å². The summed E-state index contributed by atoms with van der Waals surface area (Å²) in [6.07, 6.45) is 6.78. The van der Waals surface area contributed by atoms with Gasteiger partial charge in [-0.1, -0.05) is 35.9 Å². The third-order valence-electron chi connectivity index (χ3n) is 5.32. The quantitative estimate of drug-likeness (QED) is 0.797. The lowest BCUT2D eigenvalue weighted by molar-refractivity contribution is -0.126. The average Bonchev–Trinajstić information content (AvgIpc) is 3.10. The first-order valence-corrected chi connectivity index (χ1v) is 8.90. The van der Waals surface area contributed by atoms with Gasteiger partial charge in [0.25, 0.3) is 5.91 Å². The number of amides is 1. The maximum absolute atomic E-state index is 13.2. The fourth-order valence-electron chi connectivity index (χ4n) is 3.88. The molecule has 2 fully saturated rings. The van der Waals surface area contributed by atoms with Crippen LogP contribution in [0.2, 0.25) is 0 Å². The second-order valence-corrected chi connectivity index (χ2v) is 7.04. The van der Waals surface area contributed by atoms with Crippen LogP contribution in [0, 0.1) is 0 Å². The van der Waals surface area contributed by atoms with Crippen LogP contribution in [0.25, 0.3) is 5.57 Å². The molecule has 0 bridgehead atoms. The third kappa shape index (κ3) is 3.66. The molecule has 1 aliphatic carbocycles. The molecule has 124 valence electrons. The molecule has 0 atom stereocenters. The van der Waals surface area contributed by atoms with E-state index in [4.69, 9.17) is 0 Å². The summed E-state index contributed by atoms with van der Waals surface area (Å²) in [6.45, 7) is 1.76. The summed E-state index contributed by atoms with van der Waals surface area (Å²) in [5, 5.41) is 0. The summed E-state index contributed by atoms with van der Waals surface area (Å²) in [7, 11) is 4.27. The third-order valence-corrected chi connectivity index (χ3v) is 5.32. The number of piperidine rings is 1. The van der Waals surface area contributed by atoms with Crippen molar-refractivity contribution in [3.63, 3.8) is 0 Å². The Morgan fingerprint density at radius 3 is 2.22 bits per heavy atom. The Kier molecular flexibility index (Phi) is 5.16. The number of hydrogen-bond donors (Lipinski definition) is 0. The van der Waals surface area contributed by atoms with Crippen LogP contribution in [0.1, 0.15) is 44.1 Å². The Bertz CT molecular complexity index is 561. The minimum atomic E-state index is 0.255. The van der Waals surface area contributed by atoms with Gasteiger partial charge in [0.1, 0.15) is 0 Å². The molecule has 3 rings (SSSR count). The minimum Gasteiger partial charge on any atom is -0.339 e. The highest BCUT2D eigenvalue weighted by molar-refractivity contribution is 6.20. The zero-order valence-corrected chi connectivity index (χ0v) is 14.4. The summed E-state index contributed by atoms with van der Waals surface area (Å²) >= 11 is 0. The van der Waals surface area contributed by atoms with Crippen LogP contribution >= 0.6 is 0 Å². The lowest BCUT2D eigenvalue weighted by Gasteiger charge is -2.36. The molecule has 0 spiro atoms. The van der Waals surface area contributed by atoms with Crippen molar-refractivity contribution in [1.82, 2.24) is 9.80 Å². The van der Waals surface area contributed by atoms with Crippen LogP contribution < -0.4 is 0 Å². The highest BCUT2D eigenvalue weighted by Gasteiger charge is 2.28. The Hall–Kier alpha value is -1.61. The van der Waals surface area contributed by atoms with Gasteiger partial charge in [-0.15, -0.1) is 0 Å². The standard InChI is InChI=1S/C20H28N2O/c1-21(2)18-12-14-22(15-13-18)20(23)19(17-10-6-7-11-17)16-8-4-3-5-9-16/h3-5,8-9,18H,6-7,10-15H2,1-2H3. The van der Waals surface area contributed by atoms with E-state index in [9.17, 15) is 4.79 Å². The van der Waals surface area contributed by atoms with Gasteiger partial charge in [-0.2, -0.15) is 0 Å².